The molecule has 0 aromatic rings. The summed E-state index contributed by atoms with van der Waals surface area (Å²) in [6.07, 6.45) is 33.4. The van der Waals surface area contributed by atoms with E-state index in [4.69, 9.17) is 0 Å². The van der Waals surface area contributed by atoms with Gasteiger partial charge in [-0.15, -0.1) is 0 Å². The van der Waals surface area contributed by atoms with E-state index in [1.54, 1.807) is 0 Å². The summed E-state index contributed by atoms with van der Waals surface area (Å²) in [5, 5.41) is 10.5. The van der Waals surface area contributed by atoms with E-state index in [2.05, 4.69) is 13.8 Å². The molecule has 5 heteroatoms. The first-order valence-electron chi connectivity index (χ1n) is 18.5. The molecule has 0 aromatic heterocycles. The summed E-state index contributed by atoms with van der Waals surface area (Å²) in [6, 6.07) is 0. The Morgan fingerprint density at radius 1 is 0.548 bits per heavy atom. The number of likely N-dealkylation sites (N-methyl/N-ethyl adjacent to an activating group) is 1. The van der Waals surface area contributed by atoms with Gasteiger partial charge in [0.05, 0.1) is 27.1 Å². The summed E-state index contributed by atoms with van der Waals surface area (Å²) in [6.45, 7) is 5.08. The van der Waals surface area contributed by atoms with Crippen molar-refractivity contribution in [1.29, 1.82) is 0 Å². The Morgan fingerprint density at radius 2 is 0.881 bits per heavy atom. The maximum absolute atomic E-state index is 13.2. The Bertz CT molecular complexity index is 619. The van der Waals surface area contributed by atoms with Gasteiger partial charge in [0.1, 0.15) is 18.2 Å². The Kier molecular flexibility index (Phi) is 29.2. The van der Waals surface area contributed by atoms with E-state index in [1.807, 2.05) is 21.1 Å². The third-order valence-electron chi connectivity index (χ3n) is 8.61. The van der Waals surface area contributed by atoms with Crippen LogP contribution in [0.4, 0.5) is 0 Å². The van der Waals surface area contributed by atoms with Gasteiger partial charge in [-0.25, -0.2) is 0 Å². The topological polar surface area (TPSA) is 54.4 Å². The average molecular weight is 613 g/mol. The molecule has 42 heavy (non-hydrogen) atoms. The number of nitrogens with zero attached hydrogens (tertiary/aromatic N) is 1. The van der Waals surface area contributed by atoms with Crippen LogP contribution < -0.4 is 0 Å². The standard InChI is InChI=1S/C37H75NO3P/c1-6-8-10-12-14-16-18-19-20-22-23-25-27-29-31-34(37(41)42-36(40)33-38(3,4)5)35(39)32-30-28-26-24-21-17-15-13-11-9-7-2/h34,36,40,42H,6-33H2,1-5H3/q+1. The molecule has 0 aliphatic heterocycles. The van der Waals surface area contributed by atoms with E-state index in [0.717, 1.165) is 25.7 Å². The molecule has 0 fully saturated rings. The third-order valence-corrected chi connectivity index (χ3v) is 9.76. The van der Waals surface area contributed by atoms with Crippen LogP contribution in [0, 0.1) is 5.92 Å². The number of ketones is 1. The molecule has 0 saturated heterocycles. The van der Waals surface area contributed by atoms with Gasteiger partial charge in [-0.1, -0.05) is 168 Å². The number of hydrogen-bond acceptors (Lipinski definition) is 3. The molecule has 0 aliphatic rings. The smallest absolute Gasteiger partial charge is 0.164 e. The molecule has 0 bridgehead atoms. The number of unbranched alkanes of at least 4 members (excludes halogenated alkanes) is 23. The number of carbonyl (C=O) groups is 2. The molecular weight excluding hydrogens is 537 g/mol. The molecule has 3 unspecified atom stereocenters. The number of aliphatic hydroxyl groups is 1. The summed E-state index contributed by atoms with van der Waals surface area (Å²) in [5.41, 5.74) is -0.00119. The van der Waals surface area contributed by atoms with Crippen LogP contribution in [0.1, 0.15) is 187 Å². The van der Waals surface area contributed by atoms with Gasteiger partial charge in [0.25, 0.3) is 0 Å². The van der Waals surface area contributed by atoms with Crippen LogP contribution in [0.15, 0.2) is 0 Å². The number of rotatable bonds is 33. The van der Waals surface area contributed by atoms with Crippen LogP contribution in [-0.2, 0) is 9.59 Å². The molecule has 0 aliphatic carbocycles. The highest BCUT2D eigenvalue weighted by Gasteiger charge is 2.28. The van der Waals surface area contributed by atoms with E-state index >= 15 is 0 Å². The molecule has 250 valence electrons. The van der Waals surface area contributed by atoms with Crippen LogP contribution in [0.25, 0.3) is 0 Å². The zero-order valence-electron chi connectivity index (χ0n) is 29.2. The lowest BCUT2D eigenvalue weighted by molar-refractivity contribution is -0.871. The Balaban J connectivity index is 4.26. The highest BCUT2D eigenvalue weighted by atomic mass is 31.1. The maximum atomic E-state index is 13.2. The Morgan fingerprint density at radius 3 is 1.24 bits per heavy atom. The van der Waals surface area contributed by atoms with E-state index < -0.39 is 11.8 Å². The fraction of sp³-hybridized carbons (Fsp3) is 0.946. The molecule has 0 spiro atoms. The average Bonchev–Trinajstić information content (AvgIpc) is 2.92. The minimum absolute atomic E-state index is 0.00119. The monoisotopic (exact) mass is 613 g/mol. The second kappa shape index (κ2) is 29.4. The van der Waals surface area contributed by atoms with Crippen LogP contribution in [0.3, 0.4) is 0 Å². The lowest BCUT2D eigenvalue weighted by atomic mass is 9.93. The molecule has 0 heterocycles. The maximum Gasteiger partial charge on any atom is 0.164 e. The molecule has 0 saturated carbocycles. The summed E-state index contributed by atoms with van der Waals surface area (Å²) in [4.78, 5) is 26.3. The van der Waals surface area contributed by atoms with Crippen molar-refractivity contribution < 1.29 is 19.2 Å². The van der Waals surface area contributed by atoms with Gasteiger partial charge < -0.3 is 9.59 Å². The third kappa shape index (κ3) is 28.5. The molecule has 3 atom stereocenters. The number of Topliss-reactive ketones (excluding diaryl/α,β-unsaturated/α-hetero) is 1. The first kappa shape index (κ1) is 41.7. The molecule has 0 aromatic carbocycles. The molecule has 0 radical (unpaired) electrons. The minimum Gasteiger partial charge on any atom is -0.383 e. The van der Waals surface area contributed by atoms with Crippen molar-refractivity contribution in [3.63, 3.8) is 0 Å². The lowest BCUT2D eigenvalue weighted by Gasteiger charge is -2.27. The SMILES string of the molecule is CCCCCCCCCCCCCCCCC(C(=O)CCCCCCCCCCCCC)C(=O)PC(O)C[N+](C)(C)C. The van der Waals surface area contributed by atoms with Gasteiger partial charge in [-0.3, -0.25) is 9.59 Å². The van der Waals surface area contributed by atoms with Crippen LogP contribution >= 0.6 is 8.58 Å². The van der Waals surface area contributed by atoms with Gasteiger partial charge in [0.15, 0.2) is 5.52 Å². The van der Waals surface area contributed by atoms with Crippen molar-refractivity contribution in [2.24, 2.45) is 5.92 Å². The van der Waals surface area contributed by atoms with Crippen molar-refractivity contribution in [1.82, 2.24) is 0 Å². The summed E-state index contributed by atoms with van der Waals surface area (Å²) in [7, 11) is 5.91. The quantitative estimate of drug-likeness (QED) is 0.0347. The molecule has 0 rings (SSSR count). The predicted molar refractivity (Wildman–Crippen MR) is 187 cm³/mol. The molecule has 4 nitrogen and oxygen atoms in total. The highest BCUT2D eigenvalue weighted by Crippen LogP contribution is 2.29. The summed E-state index contributed by atoms with van der Waals surface area (Å²) in [5.74, 6) is -1.01. The predicted octanol–water partition coefficient (Wildman–Crippen LogP) is 11.0. The number of hydrogen-bond donors (Lipinski definition) is 1. The molecule has 1 N–H and O–H groups in total. The van der Waals surface area contributed by atoms with E-state index in [9.17, 15) is 14.7 Å². The van der Waals surface area contributed by atoms with Crippen LogP contribution in [-0.4, -0.2) is 54.4 Å². The summed E-state index contributed by atoms with van der Waals surface area (Å²) < 4.78 is 0.623. The minimum atomic E-state index is -0.647. The van der Waals surface area contributed by atoms with E-state index in [1.165, 1.54) is 135 Å². The second-order valence-electron chi connectivity index (χ2n) is 14.2. The van der Waals surface area contributed by atoms with Gasteiger partial charge in [0, 0.05) is 6.42 Å². The van der Waals surface area contributed by atoms with Crippen LogP contribution in [0.2, 0.25) is 0 Å². The normalized spacial score (nSPS) is 13.7. The first-order chi connectivity index (χ1) is 20.2. The number of quaternary nitrogens is 1. The van der Waals surface area contributed by atoms with Gasteiger partial charge in [-0.05, 0) is 21.4 Å². The van der Waals surface area contributed by atoms with Crippen molar-refractivity contribution in [3.8, 4) is 0 Å². The van der Waals surface area contributed by atoms with Gasteiger partial charge in [-0.2, -0.15) is 0 Å². The molecule has 0 amide bonds. The second-order valence-corrected chi connectivity index (χ2v) is 15.6. The van der Waals surface area contributed by atoms with Crippen molar-refractivity contribution in [3.05, 3.63) is 0 Å². The molecular formula is C37H75NO3P+. The highest BCUT2D eigenvalue weighted by molar-refractivity contribution is 7.58. The largest absolute Gasteiger partial charge is 0.383 e. The van der Waals surface area contributed by atoms with Crippen LogP contribution in [0.5, 0.6) is 0 Å². The number of carbonyl (C=O) groups excluding carboxylic acids is 2. The number of aliphatic hydroxyl groups excluding tert-OH is 1. The zero-order chi connectivity index (χ0) is 31.3. The fourth-order valence-electron chi connectivity index (χ4n) is 5.95. The van der Waals surface area contributed by atoms with Crippen molar-refractivity contribution in [2.45, 2.75) is 193 Å². The Labute approximate surface area is 265 Å². The fourth-order valence-corrected chi connectivity index (χ4v) is 7.42. The van der Waals surface area contributed by atoms with Gasteiger partial charge >= 0.3 is 0 Å². The van der Waals surface area contributed by atoms with Gasteiger partial charge in [0.2, 0.25) is 0 Å². The summed E-state index contributed by atoms with van der Waals surface area (Å²) >= 11 is 0. The zero-order valence-corrected chi connectivity index (χ0v) is 30.2. The Hall–Kier alpha value is -0.310. The first-order valence-corrected chi connectivity index (χ1v) is 19.6. The van der Waals surface area contributed by atoms with Crippen molar-refractivity contribution >= 4 is 19.9 Å². The lowest BCUT2D eigenvalue weighted by Crippen LogP contribution is -2.40. The van der Waals surface area contributed by atoms with Crippen molar-refractivity contribution in [2.75, 3.05) is 27.7 Å². The van der Waals surface area contributed by atoms with E-state index in [-0.39, 0.29) is 19.9 Å². The van der Waals surface area contributed by atoms with E-state index in [0.29, 0.717) is 23.9 Å².